The van der Waals surface area contributed by atoms with Gasteiger partial charge in [0.1, 0.15) is 23.7 Å². The van der Waals surface area contributed by atoms with E-state index in [0.717, 1.165) is 10.5 Å². The van der Waals surface area contributed by atoms with Gasteiger partial charge in [0, 0.05) is 18.0 Å². The molecule has 6 nitrogen and oxygen atoms in total. The summed E-state index contributed by atoms with van der Waals surface area (Å²) in [4.78, 5) is 29.7. The predicted molar refractivity (Wildman–Crippen MR) is 96.7 cm³/mol. The molecule has 0 spiro atoms. The van der Waals surface area contributed by atoms with Crippen LogP contribution in [0.3, 0.4) is 0 Å². The second kappa shape index (κ2) is 7.45. The van der Waals surface area contributed by atoms with Crippen molar-refractivity contribution in [2.24, 2.45) is 0 Å². The average molecular weight is 355 g/mol. The van der Waals surface area contributed by atoms with Crippen molar-refractivity contribution >= 4 is 17.2 Å². The van der Waals surface area contributed by atoms with Crippen LogP contribution in [0.5, 0.6) is 0 Å². The molecule has 7 heteroatoms. The van der Waals surface area contributed by atoms with Gasteiger partial charge in [-0.25, -0.2) is 9.37 Å². The number of amides is 1. The highest BCUT2D eigenvalue weighted by Crippen LogP contribution is 2.08. The molecule has 1 amide bonds. The first kappa shape index (κ1) is 17.8. The van der Waals surface area contributed by atoms with E-state index in [1.807, 2.05) is 20.0 Å². The summed E-state index contributed by atoms with van der Waals surface area (Å²) in [5.41, 5.74) is 2.45. The maximum absolute atomic E-state index is 13.2. The summed E-state index contributed by atoms with van der Waals surface area (Å²) in [6, 6.07) is 10.9. The van der Waals surface area contributed by atoms with Gasteiger partial charge in [-0.05, 0) is 36.8 Å². The van der Waals surface area contributed by atoms with Crippen LogP contribution in [0.1, 0.15) is 11.3 Å². The van der Waals surface area contributed by atoms with Crippen molar-refractivity contribution in [2.75, 3.05) is 18.9 Å². The minimum atomic E-state index is -0.403. The number of pyridine rings is 1. The molecular weight excluding hydrogens is 335 g/mol. The number of anilines is 1. The van der Waals surface area contributed by atoms with Gasteiger partial charge in [0.2, 0.25) is 0 Å². The summed E-state index contributed by atoms with van der Waals surface area (Å²) < 4.78 is 14.7. The SMILES string of the molecule is Cc1ccc2nc(C[NH+](C)CC(=O)Nc3cccc(F)c3)cc(=O)n2c1. The number of carbonyl (C=O) groups excluding carboxylic acids is 1. The second-order valence-corrected chi connectivity index (χ2v) is 6.39. The van der Waals surface area contributed by atoms with Crippen LogP contribution in [-0.4, -0.2) is 28.9 Å². The Balaban J connectivity index is 1.67. The fourth-order valence-electron chi connectivity index (χ4n) is 2.77. The molecule has 1 atom stereocenters. The van der Waals surface area contributed by atoms with Crippen LogP contribution in [0, 0.1) is 12.7 Å². The Morgan fingerprint density at radius 2 is 2.08 bits per heavy atom. The minimum Gasteiger partial charge on any atom is -0.325 e. The zero-order valence-electron chi connectivity index (χ0n) is 14.6. The fourth-order valence-corrected chi connectivity index (χ4v) is 2.77. The topological polar surface area (TPSA) is 67.9 Å². The number of nitrogens with one attached hydrogen (secondary N) is 2. The number of quaternary nitrogens is 1. The van der Waals surface area contributed by atoms with Crippen LogP contribution in [0.25, 0.3) is 5.65 Å². The number of aromatic nitrogens is 2. The number of hydrogen-bond donors (Lipinski definition) is 2. The molecule has 0 aliphatic heterocycles. The molecule has 0 saturated carbocycles. The molecule has 0 saturated heterocycles. The Hall–Kier alpha value is -3.06. The highest BCUT2D eigenvalue weighted by Gasteiger charge is 2.13. The van der Waals surface area contributed by atoms with Gasteiger partial charge in [-0.2, -0.15) is 0 Å². The Morgan fingerprint density at radius 1 is 1.27 bits per heavy atom. The third-order valence-corrected chi connectivity index (χ3v) is 3.91. The van der Waals surface area contributed by atoms with Gasteiger partial charge >= 0.3 is 0 Å². The molecule has 1 aromatic carbocycles. The van der Waals surface area contributed by atoms with Crippen molar-refractivity contribution in [1.82, 2.24) is 9.38 Å². The van der Waals surface area contributed by atoms with E-state index in [1.165, 1.54) is 28.7 Å². The van der Waals surface area contributed by atoms with Crippen molar-refractivity contribution in [3.05, 3.63) is 76.1 Å². The smallest absolute Gasteiger partial charge is 0.279 e. The van der Waals surface area contributed by atoms with Gasteiger partial charge < -0.3 is 10.2 Å². The van der Waals surface area contributed by atoms with E-state index < -0.39 is 5.82 Å². The molecule has 0 aliphatic carbocycles. The van der Waals surface area contributed by atoms with E-state index in [4.69, 9.17) is 0 Å². The van der Waals surface area contributed by atoms with E-state index in [2.05, 4.69) is 10.3 Å². The molecule has 0 fully saturated rings. The average Bonchev–Trinajstić information content (AvgIpc) is 2.55. The number of likely N-dealkylation sites (N-methyl/N-ethyl adjacent to an activating group) is 1. The summed E-state index contributed by atoms with van der Waals surface area (Å²) >= 11 is 0. The maximum atomic E-state index is 13.2. The Bertz CT molecular complexity index is 1020. The van der Waals surface area contributed by atoms with E-state index in [9.17, 15) is 14.0 Å². The van der Waals surface area contributed by atoms with Crippen molar-refractivity contribution in [2.45, 2.75) is 13.5 Å². The van der Waals surface area contributed by atoms with Crippen molar-refractivity contribution in [3.63, 3.8) is 0 Å². The Labute approximate surface area is 149 Å². The number of hydrogen-bond acceptors (Lipinski definition) is 3. The van der Waals surface area contributed by atoms with Crippen LogP contribution >= 0.6 is 0 Å². The van der Waals surface area contributed by atoms with Crippen molar-refractivity contribution in [3.8, 4) is 0 Å². The summed E-state index contributed by atoms with van der Waals surface area (Å²) in [7, 11) is 1.84. The first-order valence-corrected chi connectivity index (χ1v) is 8.26. The number of fused-ring (bicyclic) bond motifs is 1. The molecule has 134 valence electrons. The molecule has 2 aromatic heterocycles. The quantitative estimate of drug-likeness (QED) is 0.711. The van der Waals surface area contributed by atoms with Crippen molar-refractivity contribution < 1.29 is 14.1 Å². The molecule has 2 N–H and O–H groups in total. The first-order chi connectivity index (χ1) is 12.4. The first-order valence-electron chi connectivity index (χ1n) is 8.26. The van der Waals surface area contributed by atoms with Gasteiger partial charge in [-0.1, -0.05) is 12.1 Å². The van der Waals surface area contributed by atoms with E-state index in [1.54, 1.807) is 18.3 Å². The number of nitrogens with zero attached hydrogens (tertiary/aromatic N) is 2. The van der Waals surface area contributed by atoms with Gasteiger partial charge in [-0.3, -0.25) is 14.0 Å². The zero-order valence-corrected chi connectivity index (χ0v) is 14.6. The van der Waals surface area contributed by atoms with E-state index >= 15 is 0 Å². The predicted octanol–water partition coefficient (Wildman–Crippen LogP) is 0.795. The van der Waals surface area contributed by atoms with Crippen LogP contribution < -0.4 is 15.8 Å². The van der Waals surface area contributed by atoms with Gasteiger partial charge in [0.25, 0.3) is 11.5 Å². The Morgan fingerprint density at radius 3 is 2.85 bits per heavy atom. The lowest BCUT2D eigenvalue weighted by molar-refractivity contribution is -0.885. The Kier molecular flexibility index (Phi) is 5.09. The van der Waals surface area contributed by atoms with Gasteiger partial charge in [0.15, 0.2) is 6.54 Å². The van der Waals surface area contributed by atoms with E-state index in [0.29, 0.717) is 23.6 Å². The third-order valence-electron chi connectivity index (χ3n) is 3.91. The number of halogens is 1. The number of carbonyl (C=O) groups is 1. The number of rotatable bonds is 5. The summed E-state index contributed by atoms with van der Waals surface area (Å²) in [6.45, 7) is 2.51. The lowest BCUT2D eigenvalue weighted by atomic mass is 10.3. The third kappa shape index (κ3) is 4.31. The normalized spacial score (nSPS) is 12.1. The molecule has 0 aliphatic rings. The standard InChI is InChI=1S/C19H19FN4O2/c1-13-6-7-17-21-16(9-19(26)24(17)10-13)11-23(2)12-18(25)22-15-5-3-4-14(20)8-15/h3-10H,11-12H2,1-2H3,(H,22,25)/p+1. The molecule has 0 bridgehead atoms. The highest BCUT2D eigenvalue weighted by molar-refractivity contribution is 5.91. The molecule has 26 heavy (non-hydrogen) atoms. The number of aryl methyl sites for hydroxylation is 1. The van der Waals surface area contributed by atoms with Gasteiger partial charge in [-0.15, -0.1) is 0 Å². The molecule has 2 heterocycles. The van der Waals surface area contributed by atoms with Gasteiger partial charge in [0.05, 0.1) is 7.05 Å². The zero-order chi connectivity index (χ0) is 18.7. The van der Waals surface area contributed by atoms with Crippen molar-refractivity contribution in [1.29, 1.82) is 0 Å². The number of benzene rings is 1. The summed E-state index contributed by atoms with van der Waals surface area (Å²) in [6.07, 6.45) is 1.75. The molecule has 0 radical (unpaired) electrons. The van der Waals surface area contributed by atoms with Crippen LogP contribution in [0.15, 0.2) is 53.5 Å². The maximum Gasteiger partial charge on any atom is 0.279 e. The second-order valence-electron chi connectivity index (χ2n) is 6.39. The molecular formula is C19H20FN4O2+. The van der Waals surface area contributed by atoms with E-state index in [-0.39, 0.29) is 18.0 Å². The lowest BCUT2D eigenvalue weighted by Crippen LogP contribution is -3.08. The van der Waals surface area contributed by atoms with Crippen LogP contribution in [0.2, 0.25) is 0 Å². The molecule has 3 rings (SSSR count). The monoisotopic (exact) mass is 355 g/mol. The summed E-state index contributed by atoms with van der Waals surface area (Å²) in [5, 5.41) is 2.66. The summed E-state index contributed by atoms with van der Waals surface area (Å²) in [5.74, 6) is -0.638. The van der Waals surface area contributed by atoms with Crippen LogP contribution in [-0.2, 0) is 11.3 Å². The molecule has 3 aromatic rings. The van der Waals surface area contributed by atoms with Crippen LogP contribution in [0.4, 0.5) is 10.1 Å². The fraction of sp³-hybridized carbons (Fsp3) is 0.211. The minimum absolute atomic E-state index is 0.147. The lowest BCUT2D eigenvalue weighted by Gasteiger charge is -2.14. The highest BCUT2D eigenvalue weighted by atomic mass is 19.1. The largest absolute Gasteiger partial charge is 0.325 e. The molecule has 1 unspecified atom stereocenters.